The van der Waals surface area contributed by atoms with Gasteiger partial charge in [-0.2, -0.15) is 5.10 Å². The van der Waals surface area contributed by atoms with Gasteiger partial charge in [-0.15, -0.1) is 0 Å². The summed E-state index contributed by atoms with van der Waals surface area (Å²) in [6.45, 7) is 1.63. The van der Waals surface area contributed by atoms with Crippen molar-refractivity contribution in [3.05, 3.63) is 50.6 Å². The van der Waals surface area contributed by atoms with E-state index in [1.54, 1.807) is 28.1 Å². The monoisotopic (exact) mass is 353 g/mol. The van der Waals surface area contributed by atoms with E-state index in [0.29, 0.717) is 30.3 Å². The summed E-state index contributed by atoms with van der Waals surface area (Å²) in [6.07, 6.45) is 3.01. The van der Waals surface area contributed by atoms with Gasteiger partial charge in [0.1, 0.15) is 5.02 Å². The van der Waals surface area contributed by atoms with E-state index in [4.69, 9.17) is 23.2 Å². The third kappa shape index (κ3) is 3.46. The molecule has 0 aliphatic carbocycles. The molecule has 0 spiro atoms. The maximum absolute atomic E-state index is 12.3. The van der Waals surface area contributed by atoms with Crippen LogP contribution in [0.3, 0.4) is 0 Å². The first kappa shape index (κ1) is 15.8. The Kier molecular flexibility index (Phi) is 4.49. The molecule has 1 aliphatic heterocycles. The van der Waals surface area contributed by atoms with Crippen molar-refractivity contribution in [3.8, 4) is 0 Å². The highest BCUT2D eigenvalue weighted by atomic mass is 35.5. The Balaban J connectivity index is 1.70. The van der Waals surface area contributed by atoms with Gasteiger partial charge < -0.3 is 9.80 Å². The molecule has 3 rings (SSSR count). The van der Waals surface area contributed by atoms with E-state index >= 15 is 0 Å². The van der Waals surface area contributed by atoms with E-state index in [1.165, 1.54) is 6.20 Å². The van der Waals surface area contributed by atoms with Crippen LogP contribution >= 0.6 is 23.2 Å². The predicted molar refractivity (Wildman–Crippen MR) is 86.7 cm³/mol. The Morgan fingerprint density at radius 3 is 2.70 bits per heavy atom. The van der Waals surface area contributed by atoms with E-state index in [0.717, 1.165) is 5.69 Å². The van der Waals surface area contributed by atoms with Crippen LogP contribution in [0, 0.1) is 0 Å². The van der Waals surface area contributed by atoms with Crippen LogP contribution in [0.25, 0.3) is 0 Å². The van der Waals surface area contributed by atoms with Gasteiger partial charge >= 0.3 is 0 Å². The quantitative estimate of drug-likeness (QED) is 0.899. The van der Waals surface area contributed by atoms with Gasteiger partial charge in [0.15, 0.2) is 0 Å². The summed E-state index contributed by atoms with van der Waals surface area (Å²) >= 11 is 11.8. The third-order valence-corrected chi connectivity index (χ3v) is 4.17. The van der Waals surface area contributed by atoms with Crippen molar-refractivity contribution >= 4 is 34.8 Å². The number of hydrogen-bond acceptors (Lipinski definition) is 5. The van der Waals surface area contributed by atoms with Crippen LogP contribution in [-0.2, 0) is 11.3 Å². The summed E-state index contributed by atoms with van der Waals surface area (Å²) in [7, 11) is 0. The molecule has 23 heavy (non-hydrogen) atoms. The number of amides is 1. The number of aromatic amines is 1. The molecule has 1 saturated heterocycles. The number of rotatable bonds is 3. The number of aromatic nitrogens is 3. The predicted octanol–water partition coefficient (Wildman–Crippen LogP) is 1.32. The number of nitrogens with zero attached hydrogens (tertiary/aromatic N) is 4. The number of hydrogen-bond donors (Lipinski definition) is 1. The summed E-state index contributed by atoms with van der Waals surface area (Å²) in [6, 6.07) is 3.53. The minimum Gasteiger partial charge on any atom is -0.358 e. The number of H-pyrrole nitrogens is 1. The van der Waals surface area contributed by atoms with E-state index in [2.05, 4.69) is 15.2 Å². The van der Waals surface area contributed by atoms with Crippen LogP contribution in [0.15, 0.2) is 29.3 Å². The van der Waals surface area contributed by atoms with Crippen molar-refractivity contribution < 1.29 is 4.79 Å². The maximum Gasteiger partial charge on any atom is 0.285 e. The molecule has 2 aromatic rings. The van der Waals surface area contributed by atoms with Gasteiger partial charge in [-0.1, -0.05) is 23.2 Å². The van der Waals surface area contributed by atoms with Gasteiger partial charge in [0.25, 0.3) is 5.56 Å². The highest BCUT2D eigenvalue weighted by Crippen LogP contribution is 2.22. The minimum atomic E-state index is -0.468. The number of anilines is 1. The molecule has 0 radical (unpaired) electrons. The van der Waals surface area contributed by atoms with Crippen molar-refractivity contribution in [3.63, 3.8) is 0 Å². The number of carbonyl (C=O) groups excluding carboxylic acids is 1. The fourth-order valence-electron chi connectivity index (χ4n) is 2.37. The summed E-state index contributed by atoms with van der Waals surface area (Å²) in [4.78, 5) is 31.5. The van der Waals surface area contributed by atoms with Crippen molar-refractivity contribution in [1.82, 2.24) is 20.1 Å². The normalized spacial score (nSPS) is 15.1. The average Bonchev–Trinajstić information content (AvgIpc) is 2.54. The van der Waals surface area contributed by atoms with Crippen molar-refractivity contribution in [2.45, 2.75) is 6.54 Å². The summed E-state index contributed by atoms with van der Waals surface area (Å²) < 4.78 is 0. The van der Waals surface area contributed by atoms with Crippen LogP contribution in [0.2, 0.25) is 10.0 Å². The molecule has 7 nitrogen and oxygen atoms in total. The van der Waals surface area contributed by atoms with Crippen LogP contribution < -0.4 is 10.5 Å². The van der Waals surface area contributed by atoms with Gasteiger partial charge in [0, 0.05) is 19.3 Å². The number of pyridine rings is 1. The highest BCUT2D eigenvalue weighted by Gasteiger charge is 2.26. The van der Waals surface area contributed by atoms with Gasteiger partial charge in [-0.25, -0.2) is 5.10 Å². The number of piperazine rings is 1. The van der Waals surface area contributed by atoms with Crippen LogP contribution in [0.1, 0.15) is 5.69 Å². The zero-order valence-electron chi connectivity index (χ0n) is 12.0. The maximum atomic E-state index is 12.3. The summed E-state index contributed by atoms with van der Waals surface area (Å²) in [5, 5.41) is 6.59. The summed E-state index contributed by atoms with van der Waals surface area (Å²) in [5.41, 5.74) is 0.768. The molecule has 1 fully saturated rings. The molecular formula is C14H13Cl2N5O2. The Bertz CT molecular complexity index is 777. The first-order valence-electron chi connectivity index (χ1n) is 6.91. The van der Waals surface area contributed by atoms with Crippen LogP contribution in [0.4, 0.5) is 5.69 Å². The zero-order valence-corrected chi connectivity index (χ0v) is 13.5. The first-order chi connectivity index (χ1) is 11.0. The molecule has 0 aromatic carbocycles. The first-order valence-corrected chi connectivity index (χ1v) is 7.66. The number of halogens is 2. The molecule has 1 N–H and O–H groups in total. The van der Waals surface area contributed by atoms with E-state index in [9.17, 15) is 9.59 Å². The molecule has 0 atom stereocenters. The lowest BCUT2D eigenvalue weighted by molar-refractivity contribution is -0.131. The van der Waals surface area contributed by atoms with E-state index < -0.39 is 5.56 Å². The molecule has 0 unspecified atom stereocenters. The van der Waals surface area contributed by atoms with Crippen LogP contribution in [0.5, 0.6) is 0 Å². The lowest BCUT2D eigenvalue weighted by Crippen LogP contribution is -2.50. The molecule has 9 heteroatoms. The second-order valence-electron chi connectivity index (χ2n) is 5.10. The van der Waals surface area contributed by atoms with Crippen LogP contribution in [-0.4, -0.2) is 45.6 Å². The molecule has 120 valence electrons. The largest absolute Gasteiger partial charge is 0.358 e. The van der Waals surface area contributed by atoms with Gasteiger partial charge in [-0.05, 0) is 12.1 Å². The fraction of sp³-hybridized carbons (Fsp3) is 0.286. The zero-order chi connectivity index (χ0) is 16.4. The minimum absolute atomic E-state index is 0.0422. The lowest BCUT2D eigenvalue weighted by Gasteiger charge is -2.35. The average molecular weight is 354 g/mol. The summed E-state index contributed by atoms with van der Waals surface area (Å²) in [5.74, 6) is -0.0654. The van der Waals surface area contributed by atoms with Gasteiger partial charge in [0.2, 0.25) is 5.91 Å². The SMILES string of the molecule is O=C1CN(c2cn[nH]c(=O)c2Cl)CCN1Cc1ccc(Cl)cn1. The lowest BCUT2D eigenvalue weighted by atomic mass is 10.2. The number of carbonyl (C=O) groups is 1. The van der Waals surface area contributed by atoms with Crippen molar-refractivity contribution in [2.75, 3.05) is 24.5 Å². The van der Waals surface area contributed by atoms with Crippen molar-refractivity contribution in [1.29, 1.82) is 0 Å². The van der Waals surface area contributed by atoms with Gasteiger partial charge in [0.05, 0.1) is 35.7 Å². The molecule has 0 bridgehead atoms. The molecular weight excluding hydrogens is 341 g/mol. The Morgan fingerprint density at radius 1 is 1.17 bits per heavy atom. The number of nitrogens with one attached hydrogen (secondary N) is 1. The third-order valence-electron chi connectivity index (χ3n) is 3.58. The Hall–Kier alpha value is -2.12. The fourth-order valence-corrected chi connectivity index (χ4v) is 2.69. The standard InChI is InChI=1S/C14H13Cl2N5O2/c15-9-1-2-10(17-5-9)7-21-4-3-20(8-12(21)22)11-6-18-19-14(23)13(11)16/h1-2,5-6H,3-4,7-8H2,(H,19,23). The Labute approximate surface area is 141 Å². The second-order valence-corrected chi connectivity index (χ2v) is 5.92. The second kappa shape index (κ2) is 6.55. The van der Waals surface area contributed by atoms with E-state index in [1.807, 2.05) is 0 Å². The molecule has 1 amide bonds. The van der Waals surface area contributed by atoms with E-state index in [-0.39, 0.29) is 17.5 Å². The molecule has 1 aliphatic rings. The molecule has 2 aromatic heterocycles. The van der Waals surface area contributed by atoms with Gasteiger partial charge in [-0.3, -0.25) is 14.6 Å². The highest BCUT2D eigenvalue weighted by molar-refractivity contribution is 6.33. The molecule has 3 heterocycles. The van der Waals surface area contributed by atoms with Crippen molar-refractivity contribution in [2.24, 2.45) is 0 Å². The topological polar surface area (TPSA) is 82.2 Å². The Morgan fingerprint density at radius 2 is 2.00 bits per heavy atom. The smallest absolute Gasteiger partial charge is 0.285 e. The molecule has 0 saturated carbocycles.